The maximum Gasteiger partial charge on any atom is 0.125 e. The number of fused-ring (bicyclic) bond motifs is 1. The number of benzene rings is 1. The van der Waals surface area contributed by atoms with Gasteiger partial charge in [0.1, 0.15) is 5.75 Å². The second kappa shape index (κ2) is 4.56. The highest BCUT2D eigenvalue weighted by Crippen LogP contribution is 2.38. The Morgan fingerprint density at radius 3 is 3.00 bits per heavy atom. The van der Waals surface area contributed by atoms with Crippen molar-refractivity contribution in [2.24, 2.45) is 11.7 Å². The summed E-state index contributed by atoms with van der Waals surface area (Å²) in [6.07, 6.45) is 2.24. The smallest absolute Gasteiger partial charge is 0.125 e. The third-order valence-electron chi connectivity index (χ3n) is 4.34. The van der Waals surface area contributed by atoms with Crippen LogP contribution in [0.2, 0.25) is 0 Å². The molecule has 0 aliphatic carbocycles. The summed E-state index contributed by atoms with van der Waals surface area (Å²) in [6.45, 7) is 4.91. The van der Waals surface area contributed by atoms with E-state index in [-0.39, 0.29) is 0 Å². The molecule has 2 atom stereocenters. The van der Waals surface area contributed by atoms with Crippen LogP contribution in [0.5, 0.6) is 5.75 Å². The van der Waals surface area contributed by atoms with Crippen molar-refractivity contribution in [1.82, 2.24) is 4.90 Å². The highest BCUT2D eigenvalue weighted by atomic mass is 16.5. The molecule has 2 N–H and O–H groups in total. The van der Waals surface area contributed by atoms with Gasteiger partial charge < -0.3 is 10.5 Å². The number of hydrogen-bond acceptors (Lipinski definition) is 3. The van der Waals surface area contributed by atoms with Gasteiger partial charge in [0.25, 0.3) is 0 Å². The lowest BCUT2D eigenvalue weighted by Crippen LogP contribution is -2.20. The molecule has 3 nitrogen and oxygen atoms in total. The maximum absolute atomic E-state index is 5.81. The van der Waals surface area contributed by atoms with Crippen LogP contribution in [0.15, 0.2) is 12.1 Å². The lowest BCUT2D eigenvalue weighted by atomic mass is 9.95. The van der Waals surface area contributed by atoms with Crippen molar-refractivity contribution in [3.05, 3.63) is 28.8 Å². The quantitative estimate of drug-likeness (QED) is 0.866. The van der Waals surface area contributed by atoms with Crippen LogP contribution in [-0.4, -0.2) is 31.6 Å². The van der Waals surface area contributed by atoms with Gasteiger partial charge in [0.05, 0.1) is 6.61 Å². The number of hydrogen-bond donors (Lipinski definition) is 1. The van der Waals surface area contributed by atoms with Crippen LogP contribution in [0.4, 0.5) is 0 Å². The van der Waals surface area contributed by atoms with Crippen LogP contribution in [-0.2, 0) is 6.42 Å². The van der Waals surface area contributed by atoms with Crippen LogP contribution in [0.25, 0.3) is 0 Å². The summed E-state index contributed by atoms with van der Waals surface area (Å²) >= 11 is 0. The molecule has 0 amide bonds. The molecule has 2 heterocycles. The third-order valence-corrected chi connectivity index (χ3v) is 4.34. The van der Waals surface area contributed by atoms with Gasteiger partial charge in [-0.05, 0) is 49.5 Å². The van der Waals surface area contributed by atoms with Crippen LogP contribution >= 0.6 is 0 Å². The fourth-order valence-corrected chi connectivity index (χ4v) is 3.39. The Hall–Kier alpha value is -1.06. The largest absolute Gasteiger partial charge is 0.493 e. The normalized spacial score (nSPS) is 27.3. The minimum absolute atomic E-state index is 0.531. The van der Waals surface area contributed by atoms with Crippen molar-refractivity contribution in [2.45, 2.75) is 25.8 Å². The van der Waals surface area contributed by atoms with Gasteiger partial charge in [-0.2, -0.15) is 0 Å². The van der Waals surface area contributed by atoms with Gasteiger partial charge in [-0.25, -0.2) is 0 Å². The molecule has 0 spiro atoms. The molecule has 1 aromatic rings. The Kier molecular flexibility index (Phi) is 3.04. The summed E-state index contributed by atoms with van der Waals surface area (Å²) in [5.41, 5.74) is 9.92. The topological polar surface area (TPSA) is 38.5 Å². The molecule has 1 fully saturated rings. The summed E-state index contributed by atoms with van der Waals surface area (Å²) in [4.78, 5) is 2.44. The Morgan fingerprint density at radius 2 is 2.28 bits per heavy atom. The molecule has 98 valence electrons. The Balaban J connectivity index is 1.91. The van der Waals surface area contributed by atoms with E-state index in [1.54, 1.807) is 0 Å². The van der Waals surface area contributed by atoms with E-state index in [1.807, 2.05) is 0 Å². The van der Waals surface area contributed by atoms with Gasteiger partial charge in [-0.1, -0.05) is 12.1 Å². The summed E-state index contributed by atoms with van der Waals surface area (Å²) in [6, 6.07) is 5.17. The standard InChI is InChI=1S/C15H22N2O/c1-10-5-13(7-12-3-4-18-15(10)12)14-6-11(8-16)9-17(14)2/h5,7,11,14H,3-4,6,8-9,16H2,1-2H3. The van der Waals surface area contributed by atoms with Crippen LogP contribution < -0.4 is 10.5 Å². The lowest BCUT2D eigenvalue weighted by Gasteiger charge is -2.21. The number of nitrogens with two attached hydrogens (primary N) is 1. The molecule has 2 aliphatic heterocycles. The molecule has 0 radical (unpaired) electrons. The van der Waals surface area contributed by atoms with Crippen molar-refractivity contribution in [1.29, 1.82) is 0 Å². The van der Waals surface area contributed by atoms with Gasteiger partial charge >= 0.3 is 0 Å². The average molecular weight is 246 g/mol. The maximum atomic E-state index is 5.81. The van der Waals surface area contributed by atoms with Crippen molar-refractivity contribution in [3.63, 3.8) is 0 Å². The number of ether oxygens (including phenoxy) is 1. The van der Waals surface area contributed by atoms with E-state index in [4.69, 9.17) is 10.5 Å². The zero-order valence-electron chi connectivity index (χ0n) is 11.3. The lowest BCUT2D eigenvalue weighted by molar-refractivity contribution is 0.313. The van der Waals surface area contributed by atoms with Gasteiger partial charge in [0.2, 0.25) is 0 Å². The Morgan fingerprint density at radius 1 is 1.44 bits per heavy atom. The summed E-state index contributed by atoms with van der Waals surface area (Å²) in [7, 11) is 2.21. The predicted molar refractivity (Wildman–Crippen MR) is 72.9 cm³/mol. The molecule has 0 bridgehead atoms. The van der Waals surface area contributed by atoms with E-state index in [0.717, 1.165) is 31.9 Å². The van der Waals surface area contributed by atoms with E-state index >= 15 is 0 Å². The minimum Gasteiger partial charge on any atom is -0.493 e. The second-order valence-electron chi connectivity index (χ2n) is 5.72. The van der Waals surface area contributed by atoms with Crippen molar-refractivity contribution < 1.29 is 4.74 Å². The van der Waals surface area contributed by atoms with Gasteiger partial charge in [-0.3, -0.25) is 4.90 Å². The van der Waals surface area contributed by atoms with E-state index in [9.17, 15) is 0 Å². The van der Waals surface area contributed by atoms with Gasteiger partial charge in [0, 0.05) is 19.0 Å². The summed E-state index contributed by atoms with van der Waals surface area (Å²) in [5.74, 6) is 1.76. The van der Waals surface area contributed by atoms with E-state index < -0.39 is 0 Å². The molecular weight excluding hydrogens is 224 g/mol. The molecule has 3 rings (SSSR count). The van der Waals surface area contributed by atoms with Crippen molar-refractivity contribution >= 4 is 0 Å². The van der Waals surface area contributed by atoms with E-state index in [2.05, 4.69) is 31.0 Å². The summed E-state index contributed by atoms with van der Waals surface area (Å²) in [5, 5.41) is 0. The molecular formula is C15H22N2O. The monoisotopic (exact) mass is 246 g/mol. The second-order valence-corrected chi connectivity index (χ2v) is 5.72. The van der Waals surface area contributed by atoms with Crippen LogP contribution in [0, 0.1) is 12.8 Å². The first kappa shape index (κ1) is 12.0. The first-order valence-electron chi connectivity index (χ1n) is 6.85. The molecule has 2 aliphatic rings. The van der Waals surface area contributed by atoms with Crippen LogP contribution in [0.3, 0.4) is 0 Å². The van der Waals surface area contributed by atoms with Crippen LogP contribution in [0.1, 0.15) is 29.2 Å². The number of likely N-dealkylation sites (tertiary alicyclic amines) is 1. The van der Waals surface area contributed by atoms with E-state index in [0.29, 0.717) is 12.0 Å². The van der Waals surface area contributed by atoms with Crippen molar-refractivity contribution in [2.75, 3.05) is 26.7 Å². The molecule has 2 unspecified atom stereocenters. The molecule has 0 saturated carbocycles. The zero-order valence-corrected chi connectivity index (χ0v) is 11.3. The Bertz CT molecular complexity index is 458. The van der Waals surface area contributed by atoms with Crippen molar-refractivity contribution in [3.8, 4) is 5.75 Å². The first-order chi connectivity index (χ1) is 8.69. The first-order valence-corrected chi connectivity index (χ1v) is 6.85. The highest BCUT2D eigenvalue weighted by molar-refractivity contribution is 5.47. The van der Waals surface area contributed by atoms with Gasteiger partial charge in [-0.15, -0.1) is 0 Å². The summed E-state index contributed by atoms with van der Waals surface area (Å²) < 4.78 is 5.68. The Labute approximate surface area is 109 Å². The number of aryl methyl sites for hydroxylation is 1. The fourth-order valence-electron chi connectivity index (χ4n) is 3.39. The molecule has 0 aromatic heterocycles. The molecule has 3 heteroatoms. The predicted octanol–water partition coefficient (Wildman–Crippen LogP) is 1.88. The molecule has 1 aromatic carbocycles. The molecule has 1 saturated heterocycles. The SMILES string of the molecule is Cc1cc(C2CC(CN)CN2C)cc2c1OCC2. The van der Waals surface area contributed by atoms with E-state index in [1.165, 1.54) is 23.1 Å². The zero-order chi connectivity index (χ0) is 12.7. The average Bonchev–Trinajstić information content (AvgIpc) is 2.95. The third kappa shape index (κ3) is 1.91. The fraction of sp³-hybridized carbons (Fsp3) is 0.600. The number of nitrogens with zero attached hydrogens (tertiary/aromatic N) is 1. The molecule has 18 heavy (non-hydrogen) atoms. The number of rotatable bonds is 2. The minimum atomic E-state index is 0.531. The highest BCUT2D eigenvalue weighted by Gasteiger charge is 2.30. The van der Waals surface area contributed by atoms with Gasteiger partial charge in [0.15, 0.2) is 0 Å².